The van der Waals surface area contributed by atoms with Gasteiger partial charge in [-0.15, -0.1) is 10.2 Å². The Morgan fingerprint density at radius 3 is 2.74 bits per heavy atom. The first-order valence-corrected chi connectivity index (χ1v) is 10.9. The van der Waals surface area contributed by atoms with Crippen LogP contribution in [0.15, 0.2) is 23.2 Å². The van der Waals surface area contributed by atoms with Crippen molar-refractivity contribution in [1.29, 1.82) is 0 Å². The number of nitrogens with one attached hydrogen (secondary N) is 2. The van der Waals surface area contributed by atoms with Crippen molar-refractivity contribution >= 4 is 17.6 Å². The van der Waals surface area contributed by atoms with Gasteiger partial charge in [0.25, 0.3) is 0 Å². The Balaban J connectivity index is 1.57. The first-order chi connectivity index (χ1) is 15.1. The molecule has 0 bridgehead atoms. The largest absolute Gasteiger partial charge is 0.495 e. The van der Waals surface area contributed by atoms with Crippen LogP contribution in [0, 0.1) is 6.92 Å². The molecule has 170 valence electrons. The molecule has 1 aromatic carbocycles. The van der Waals surface area contributed by atoms with Gasteiger partial charge >= 0.3 is 0 Å². The molecule has 3 rings (SSSR count). The van der Waals surface area contributed by atoms with Crippen LogP contribution in [-0.2, 0) is 24.9 Å². The summed E-state index contributed by atoms with van der Waals surface area (Å²) in [7, 11) is 3.56. The van der Waals surface area contributed by atoms with E-state index in [4.69, 9.17) is 26.1 Å². The third-order valence-corrected chi connectivity index (χ3v) is 5.58. The Hall–Kier alpha value is -2.36. The lowest BCUT2D eigenvalue weighted by Gasteiger charge is -2.26. The van der Waals surface area contributed by atoms with E-state index in [-0.39, 0.29) is 0 Å². The van der Waals surface area contributed by atoms with Crippen LogP contribution >= 0.6 is 11.6 Å². The maximum atomic E-state index is 6.25. The van der Waals surface area contributed by atoms with Gasteiger partial charge in [-0.05, 0) is 37.6 Å². The minimum Gasteiger partial charge on any atom is -0.495 e. The van der Waals surface area contributed by atoms with Gasteiger partial charge in [-0.1, -0.05) is 17.7 Å². The molecular formula is C21H32ClN7O2. The van der Waals surface area contributed by atoms with Crippen molar-refractivity contribution in [3.63, 3.8) is 0 Å². The first kappa shape index (κ1) is 23.3. The molecule has 2 heterocycles. The highest BCUT2D eigenvalue weighted by molar-refractivity contribution is 6.32. The molecule has 1 aromatic heterocycles. The molecule has 0 atom stereocenters. The van der Waals surface area contributed by atoms with Crippen LogP contribution in [0.4, 0.5) is 0 Å². The molecule has 0 aliphatic carbocycles. The minimum atomic E-state index is 0.500. The molecule has 0 unspecified atom stereocenters. The van der Waals surface area contributed by atoms with Gasteiger partial charge in [0, 0.05) is 26.7 Å². The summed E-state index contributed by atoms with van der Waals surface area (Å²) in [6.07, 6.45) is 1.03. The summed E-state index contributed by atoms with van der Waals surface area (Å²) >= 11 is 6.25. The lowest BCUT2D eigenvalue weighted by Crippen LogP contribution is -2.40. The lowest BCUT2D eigenvalue weighted by atomic mass is 10.2. The van der Waals surface area contributed by atoms with E-state index in [0.29, 0.717) is 23.9 Å². The molecule has 10 heteroatoms. The lowest BCUT2D eigenvalue weighted by molar-refractivity contribution is 0.0376. The molecule has 1 saturated heterocycles. The number of guanidine groups is 1. The SMILES string of the molecule is COc1ccc(CN=C(NCCCN2CCOCC2)NCc2nnc(C)n2C)cc1Cl. The average molecular weight is 450 g/mol. The first-order valence-electron chi connectivity index (χ1n) is 10.6. The second-order valence-corrected chi connectivity index (χ2v) is 7.85. The van der Waals surface area contributed by atoms with Gasteiger partial charge in [-0.2, -0.15) is 0 Å². The fourth-order valence-electron chi connectivity index (χ4n) is 3.25. The van der Waals surface area contributed by atoms with E-state index in [1.54, 1.807) is 7.11 Å². The normalized spacial score (nSPS) is 15.2. The maximum Gasteiger partial charge on any atom is 0.191 e. The molecular weight excluding hydrogens is 418 g/mol. The molecule has 2 aromatic rings. The smallest absolute Gasteiger partial charge is 0.191 e. The van der Waals surface area contributed by atoms with Crippen LogP contribution in [-0.4, -0.2) is 72.1 Å². The van der Waals surface area contributed by atoms with Gasteiger partial charge in [-0.3, -0.25) is 4.90 Å². The van der Waals surface area contributed by atoms with Crippen LogP contribution < -0.4 is 15.4 Å². The summed E-state index contributed by atoms with van der Waals surface area (Å²) < 4.78 is 12.6. The van der Waals surface area contributed by atoms with Crippen molar-refractivity contribution < 1.29 is 9.47 Å². The van der Waals surface area contributed by atoms with Crippen LogP contribution in [0.25, 0.3) is 0 Å². The third-order valence-electron chi connectivity index (χ3n) is 5.28. The number of hydrogen-bond acceptors (Lipinski definition) is 6. The molecule has 0 amide bonds. The summed E-state index contributed by atoms with van der Waals surface area (Å²) in [5.41, 5.74) is 1.01. The molecule has 1 aliphatic rings. The summed E-state index contributed by atoms with van der Waals surface area (Å²) in [6.45, 7) is 8.49. The van der Waals surface area contributed by atoms with Gasteiger partial charge in [-0.25, -0.2) is 4.99 Å². The molecule has 9 nitrogen and oxygen atoms in total. The van der Waals surface area contributed by atoms with E-state index in [1.165, 1.54) is 0 Å². The van der Waals surface area contributed by atoms with E-state index in [0.717, 1.165) is 69.0 Å². The number of nitrogens with zero attached hydrogens (tertiary/aromatic N) is 5. The van der Waals surface area contributed by atoms with E-state index in [2.05, 4.69) is 25.7 Å². The minimum absolute atomic E-state index is 0.500. The summed E-state index contributed by atoms with van der Waals surface area (Å²) in [6, 6.07) is 5.71. The predicted molar refractivity (Wildman–Crippen MR) is 122 cm³/mol. The summed E-state index contributed by atoms with van der Waals surface area (Å²) in [4.78, 5) is 7.16. The second-order valence-electron chi connectivity index (χ2n) is 7.44. The van der Waals surface area contributed by atoms with Crippen molar-refractivity contribution in [2.75, 3.05) is 46.5 Å². The fourth-order valence-corrected chi connectivity index (χ4v) is 3.54. The number of rotatable bonds is 9. The number of ether oxygens (including phenoxy) is 2. The van der Waals surface area contributed by atoms with Gasteiger partial charge in [0.15, 0.2) is 11.8 Å². The predicted octanol–water partition coefficient (Wildman–Crippen LogP) is 1.74. The number of benzene rings is 1. The molecule has 2 N–H and O–H groups in total. The Morgan fingerprint density at radius 2 is 2.06 bits per heavy atom. The van der Waals surface area contributed by atoms with Gasteiger partial charge < -0.3 is 24.7 Å². The molecule has 31 heavy (non-hydrogen) atoms. The summed E-state index contributed by atoms with van der Waals surface area (Å²) in [5.74, 6) is 3.12. The van der Waals surface area contributed by atoms with Gasteiger partial charge in [0.05, 0.1) is 38.4 Å². The van der Waals surface area contributed by atoms with Crippen molar-refractivity contribution in [1.82, 2.24) is 30.3 Å². The monoisotopic (exact) mass is 449 g/mol. The Labute approximate surface area is 188 Å². The zero-order chi connectivity index (χ0) is 22.1. The third kappa shape index (κ3) is 7.09. The van der Waals surface area contributed by atoms with E-state index in [9.17, 15) is 0 Å². The number of hydrogen-bond donors (Lipinski definition) is 2. The second kappa shape index (κ2) is 11.9. The number of aryl methyl sites for hydroxylation is 1. The Bertz CT molecular complexity index is 865. The van der Waals surface area contributed by atoms with Gasteiger partial charge in [0.1, 0.15) is 11.6 Å². The van der Waals surface area contributed by atoms with Gasteiger partial charge in [0.2, 0.25) is 0 Å². The standard InChI is InChI=1S/C21H32ClN7O2/c1-16-26-27-20(28(16)2)15-25-21(23-7-4-8-29-9-11-31-12-10-29)24-14-17-5-6-19(30-3)18(22)13-17/h5-6,13H,4,7-12,14-15H2,1-3H3,(H2,23,24,25). The van der Waals surface area contributed by atoms with E-state index < -0.39 is 0 Å². The molecule has 0 saturated carbocycles. The Morgan fingerprint density at radius 1 is 1.26 bits per heavy atom. The topological polar surface area (TPSA) is 88.8 Å². The van der Waals surface area contributed by atoms with Crippen molar-refractivity contribution in [2.24, 2.45) is 12.0 Å². The zero-order valence-electron chi connectivity index (χ0n) is 18.5. The van der Waals surface area contributed by atoms with Crippen molar-refractivity contribution in [3.8, 4) is 5.75 Å². The number of morpholine rings is 1. The highest BCUT2D eigenvalue weighted by Crippen LogP contribution is 2.25. The molecule has 1 aliphatic heterocycles. The maximum absolute atomic E-state index is 6.25. The fraction of sp³-hybridized carbons (Fsp3) is 0.571. The zero-order valence-corrected chi connectivity index (χ0v) is 19.3. The highest BCUT2D eigenvalue weighted by Gasteiger charge is 2.10. The number of halogens is 1. The van der Waals surface area contributed by atoms with E-state index in [1.807, 2.05) is 36.7 Å². The van der Waals surface area contributed by atoms with Crippen LogP contribution in [0.2, 0.25) is 5.02 Å². The number of aliphatic imine (C=N–C) groups is 1. The highest BCUT2D eigenvalue weighted by atomic mass is 35.5. The number of aromatic nitrogens is 3. The summed E-state index contributed by atoms with van der Waals surface area (Å²) in [5, 5.41) is 15.7. The molecule has 0 spiro atoms. The molecule has 1 fully saturated rings. The van der Waals surface area contributed by atoms with Crippen LogP contribution in [0.1, 0.15) is 23.6 Å². The van der Waals surface area contributed by atoms with E-state index >= 15 is 0 Å². The van der Waals surface area contributed by atoms with Crippen LogP contribution in [0.3, 0.4) is 0 Å². The Kier molecular flexibility index (Phi) is 8.93. The number of methoxy groups -OCH3 is 1. The van der Waals surface area contributed by atoms with Crippen molar-refractivity contribution in [2.45, 2.75) is 26.4 Å². The van der Waals surface area contributed by atoms with Crippen molar-refractivity contribution in [3.05, 3.63) is 40.4 Å². The van der Waals surface area contributed by atoms with Crippen LogP contribution in [0.5, 0.6) is 5.75 Å². The molecule has 0 radical (unpaired) electrons. The quantitative estimate of drug-likeness (QED) is 0.342. The average Bonchev–Trinajstić information content (AvgIpc) is 3.11.